The molecule has 0 fully saturated rings. The molecule has 3 nitrogen and oxygen atoms in total. The van der Waals surface area contributed by atoms with Crippen molar-refractivity contribution in [2.45, 2.75) is 13.5 Å². The van der Waals surface area contributed by atoms with Gasteiger partial charge in [-0.05, 0) is 31.2 Å². The lowest BCUT2D eigenvalue weighted by molar-refractivity contribution is -0.138. The number of halogens is 2. The summed E-state index contributed by atoms with van der Waals surface area (Å²) in [5, 5.41) is 0. The van der Waals surface area contributed by atoms with E-state index in [-0.39, 0.29) is 12.4 Å². The Morgan fingerprint density at radius 3 is 2.65 bits per heavy atom. The van der Waals surface area contributed by atoms with Gasteiger partial charge in [0.15, 0.2) is 0 Å². The molecule has 0 heterocycles. The van der Waals surface area contributed by atoms with E-state index in [1.54, 1.807) is 6.92 Å². The zero-order valence-corrected chi connectivity index (χ0v) is 9.23. The third-order valence-electron chi connectivity index (χ3n) is 1.81. The maximum absolute atomic E-state index is 11.9. The minimum Gasteiger partial charge on any atom is -0.462 e. The average molecular weight is 242 g/mol. The van der Waals surface area contributed by atoms with Gasteiger partial charge in [0.25, 0.3) is 0 Å². The second kappa shape index (κ2) is 6.62. The van der Waals surface area contributed by atoms with Crippen molar-refractivity contribution in [3.8, 4) is 0 Å². The molecule has 0 saturated carbocycles. The molecular formula is C12H12F2O3. The van der Waals surface area contributed by atoms with Crippen molar-refractivity contribution in [2.24, 2.45) is 0 Å². The van der Waals surface area contributed by atoms with Gasteiger partial charge >= 0.3 is 12.6 Å². The first-order valence-corrected chi connectivity index (χ1v) is 5.02. The maximum atomic E-state index is 11.9. The molecule has 0 saturated heterocycles. The molecule has 17 heavy (non-hydrogen) atoms. The molecule has 92 valence electrons. The number of ether oxygens (including phenoxy) is 2. The Morgan fingerprint density at radius 1 is 1.29 bits per heavy atom. The van der Waals surface area contributed by atoms with Gasteiger partial charge in [0, 0.05) is 0 Å². The molecule has 0 bridgehead atoms. The first-order valence-electron chi connectivity index (χ1n) is 5.02. The van der Waals surface area contributed by atoms with Gasteiger partial charge in [0.05, 0.1) is 12.2 Å². The highest BCUT2D eigenvalue weighted by Crippen LogP contribution is 2.11. The molecule has 1 aliphatic rings. The van der Waals surface area contributed by atoms with Gasteiger partial charge in [-0.15, -0.1) is 0 Å². The highest BCUT2D eigenvalue weighted by atomic mass is 19.3. The fourth-order valence-electron chi connectivity index (χ4n) is 1.14. The fraction of sp³-hybridized carbons (Fsp3) is 0.250. The van der Waals surface area contributed by atoms with Crippen molar-refractivity contribution in [3.63, 3.8) is 0 Å². The smallest absolute Gasteiger partial charge is 0.387 e. The highest BCUT2D eigenvalue weighted by Gasteiger charge is 2.08. The van der Waals surface area contributed by atoms with Crippen LogP contribution in [0.3, 0.4) is 0 Å². The number of allylic oxidation sites excluding steroid dienone is 5. The maximum Gasteiger partial charge on any atom is 0.387 e. The van der Waals surface area contributed by atoms with Crippen molar-refractivity contribution < 1.29 is 23.0 Å². The molecule has 0 radical (unpaired) electrons. The molecule has 0 aromatic rings. The second-order valence-electron chi connectivity index (χ2n) is 3.01. The first kappa shape index (κ1) is 13.2. The van der Waals surface area contributed by atoms with Gasteiger partial charge in [-0.25, -0.2) is 4.79 Å². The Kier molecular flexibility index (Phi) is 5.13. The molecule has 1 aliphatic carbocycles. The lowest BCUT2D eigenvalue weighted by Gasteiger charge is -2.06. The van der Waals surface area contributed by atoms with Crippen LogP contribution >= 0.6 is 0 Å². The van der Waals surface area contributed by atoms with Crippen LogP contribution < -0.4 is 0 Å². The van der Waals surface area contributed by atoms with E-state index < -0.39 is 12.6 Å². The number of hydrogen-bond acceptors (Lipinski definition) is 3. The van der Waals surface area contributed by atoms with Crippen molar-refractivity contribution in [1.29, 1.82) is 0 Å². The van der Waals surface area contributed by atoms with Crippen molar-refractivity contribution >= 4 is 5.97 Å². The molecule has 0 aromatic carbocycles. The first-order chi connectivity index (χ1) is 8.13. The van der Waals surface area contributed by atoms with E-state index in [1.165, 1.54) is 36.5 Å². The topological polar surface area (TPSA) is 35.5 Å². The Morgan fingerprint density at radius 2 is 2.00 bits per heavy atom. The molecule has 0 unspecified atom stereocenters. The van der Waals surface area contributed by atoms with Crippen LogP contribution in [-0.4, -0.2) is 19.2 Å². The highest BCUT2D eigenvalue weighted by molar-refractivity contribution is 5.92. The van der Waals surface area contributed by atoms with Crippen LogP contribution in [0, 0.1) is 0 Å². The van der Waals surface area contributed by atoms with Gasteiger partial charge in [0.1, 0.15) is 5.76 Å². The summed E-state index contributed by atoms with van der Waals surface area (Å²) in [5.41, 5.74) is 0.343. The molecule has 0 atom stereocenters. The Hall–Kier alpha value is -1.91. The lowest BCUT2D eigenvalue weighted by atomic mass is 10.2. The second-order valence-corrected chi connectivity index (χ2v) is 3.01. The van der Waals surface area contributed by atoms with Gasteiger partial charge in [-0.3, -0.25) is 0 Å². The van der Waals surface area contributed by atoms with Crippen LogP contribution in [0.25, 0.3) is 0 Å². The number of esters is 1. The number of alkyl halides is 2. The van der Waals surface area contributed by atoms with Crippen LogP contribution in [0.4, 0.5) is 8.78 Å². The fourth-order valence-corrected chi connectivity index (χ4v) is 1.14. The average Bonchev–Trinajstić information content (AvgIpc) is 2.21. The summed E-state index contributed by atoms with van der Waals surface area (Å²) in [6.45, 7) is -0.883. The number of hydrogen-bond donors (Lipinski definition) is 0. The van der Waals surface area contributed by atoms with Gasteiger partial charge in [-0.2, -0.15) is 8.78 Å². The standard InChI is InChI=1S/C12H12F2O3/c1-2-16-11(15)9-5-3-7-10(8-4-6-9)17-12(13)14/h3-8,12H,2H2,1H3/b5-3-,6-4?,7-3?,8-4+,9-5?,9-6-,10-7+,10-8?. The molecule has 0 aliphatic heterocycles. The zero-order chi connectivity index (χ0) is 12.7. The summed E-state index contributed by atoms with van der Waals surface area (Å²) in [5.74, 6) is -0.435. The number of carbonyl (C=O) groups excluding carboxylic acids is 1. The minimum absolute atomic E-state index is 0.0235. The Bertz CT molecular complexity index is 393. The molecule has 0 aromatic heterocycles. The van der Waals surface area contributed by atoms with Crippen molar-refractivity contribution in [1.82, 2.24) is 0 Å². The van der Waals surface area contributed by atoms with Gasteiger partial charge in [-0.1, -0.05) is 12.2 Å². The summed E-state index contributed by atoms with van der Waals surface area (Å²) in [7, 11) is 0. The summed E-state index contributed by atoms with van der Waals surface area (Å²) in [6, 6.07) is 0. The van der Waals surface area contributed by atoms with E-state index in [1.807, 2.05) is 0 Å². The quantitative estimate of drug-likeness (QED) is 0.711. The van der Waals surface area contributed by atoms with Crippen LogP contribution in [0.15, 0.2) is 47.8 Å². The van der Waals surface area contributed by atoms with Crippen LogP contribution in [-0.2, 0) is 14.3 Å². The molecule has 0 spiro atoms. The van der Waals surface area contributed by atoms with Gasteiger partial charge < -0.3 is 9.47 Å². The third kappa shape index (κ3) is 4.63. The number of carbonyl (C=O) groups is 1. The van der Waals surface area contributed by atoms with Crippen molar-refractivity contribution in [2.75, 3.05) is 6.61 Å². The summed E-state index contributed by atoms with van der Waals surface area (Å²) < 4.78 is 32.9. The van der Waals surface area contributed by atoms with E-state index in [0.717, 1.165) is 0 Å². The molecular weight excluding hydrogens is 230 g/mol. The van der Waals surface area contributed by atoms with E-state index in [4.69, 9.17) is 4.74 Å². The van der Waals surface area contributed by atoms with Crippen molar-refractivity contribution in [3.05, 3.63) is 47.8 Å². The normalized spacial score (nSPS) is 24.7. The van der Waals surface area contributed by atoms with Gasteiger partial charge in [0.2, 0.25) is 0 Å². The Balaban J connectivity index is 2.72. The van der Waals surface area contributed by atoms with E-state index in [2.05, 4.69) is 4.74 Å². The molecule has 0 N–H and O–H groups in total. The van der Waals surface area contributed by atoms with E-state index in [0.29, 0.717) is 5.57 Å². The summed E-state index contributed by atoms with van der Waals surface area (Å²) >= 11 is 0. The lowest BCUT2D eigenvalue weighted by Crippen LogP contribution is -2.06. The van der Waals surface area contributed by atoms with Crippen LogP contribution in [0.2, 0.25) is 0 Å². The monoisotopic (exact) mass is 242 g/mol. The molecule has 5 heteroatoms. The van der Waals surface area contributed by atoms with Crippen LogP contribution in [0.5, 0.6) is 0 Å². The Labute approximate surface area is 97.7 Å². The minimum atomic E-state index is -2.87. The van der Waals surface area contributed by atoms with Crippen LogP contribution in [0.1, 0.15) is 6.92 Å². The zero-order valence-electron chi connectivity index (χ0n) is 9.23. The third-order valence-corrected chi connectivity index (χ3v) is 1.81. The number of rotatable bonds is 4. The molecule has 0 amide bonds. The predicted molar refractivity (Wildman–Crippen MR) is 58.2 cm³/mol. The van der Waals surface area contributed by atoms with E-state index in [9.17, 15) is 13.6 Å². The SMILES string of the molecule is CCOC(=O)C1=C\C=C\C(OC(F)F)=C/C=C\1. The van der Waals surface area contributed by atoms with E-state index >= 15 is 0 Å². The summed E-state index contributed by atoms with van der Waals surface area (Å²) in [4.78, 5) is 11.4. The molecule has 1 rings (SSSR count). The predicted octanol–water partition coefficient (Wildman–Crippen LogP) is 2.73. The summed E-state index contributed by atoms with van der Waals surface area (Å²) in [6.07, 6.45) is 8.52. The largest absolute Gasteiger partial charge is 0.462 e.